The van der Waals surface area contributed by atoms with Crippen LogP contribution in [0.2, 0.25) is 0 Å². The Balaban J connectivity index is 1.80. The first kappa shape index (κ1) is 17.2. The van der Waals surface area contributed by atoms with Crippen LogP contribution in [0.1, 0.15) is 51.1 Å². The lowest BCUT2D eigenvalue weighted by Crippen LogP contribution is -2.44. The molecule has 0 aromatic heterocycles. The van der Waals surface area contributed by atoms with Crippen LogP contribution in [0.15, 0.2) is 29.2 Å². The smallest absolute Gasteiger partial charge is 0.315 e. The van der Waals surface area contributed by atoms with E-state index in [-0.39, 0.29) is 24.2 Å². The van der Waals surface area contributed by atoms with Crippen LogP contribution in [0.3, 0.4) is 0 Å². The maximum atomic E-state index is 12.1. The van der Waals surface area contributed by atoms with E-state index in [1.54, 1.807) is 0 Å². The molecule has 5 heteroatoms. The van der Waals surface area contributed by atoms with Gasteiger partial charge in [-0.25, -0.2) is 4.79 Å². The minimum Gasteiger partial charge on any atom is -0.393 e. The van der Waals surface area contributed by atoms with Gasteiger partial charge in [-0.15, -0.1) is 11.8 Å². The standard InChI is InChI=1S/C17H26N2O2S/c1-3-22-16-10-4-13(5-11-16)12(2)18-17(21)19-14-6-8-15(20)9-7-14/h4-5,10-12,14-15,20H,3,6-9H2,1-2H3,(H2,18,19,21)/t12-,14?,15?/m1/s1. The number of thioether (sulfide) groups is 1. The summed E-state index contributed by atoms with van der Waals surface area (Å²) in [6.45, 7) is 4.13. The van der Waals surface area contributed by atoms with Crippen molar-refractivity contribution in [3.8, 4) is 0 Å². The number of carbonyl (C=O) groups is 1. The zero-order valence-electron chi connectivity index (χ0n) is 13.3. The molecule has 0 aliphatic heterocycles. The molecule has 0 bridgehead atoms. The molecule has 122 valence electrons. The monoisotopic (exact) mass is 322 g/mol. The van der Waals surface area contributed by atoms with E-state index >= 15 is 0 Å². The van der Waals surface area contributed by atoms with Gasteiger partial charge in [-0.05, 0) is 56.1 Å². The summed E-state index contributed by atoms with van der Waals surface area (Å²) >= 11 is 1.81. The fourth-order valence-corrected chi connectivity index (χ4v) is 3.41. The van der Waals surface area contributed by atoms with Gasteiger partial charge in [0.25, 0.3) is 0 Å². The molecule has 1 saturated carbocycles. The van der Waals surface area contributed by atoms with Crippen molar-refractivity contribution in [1.29, 1.82) is 0 Å². The largest absolute Gasteiger partial charge is 0.393 e. The van der Waals surface area contributed by atoms with Crippen molar-refractivity contribution >= 4 is 17.8 Å². The molecule has 2 rings (SSSR count). The highest BCUT2D eigenvalue weighted by molar-refractivity contribution is 7.99. The second-order valence-corrected chi connectivity index (χ2v) is 7.18. The van der Waals surface area contributed by atoms with Crippen LogP contribution in [0, 0.1) is 0 Å². The van der Waals surface area contributed by atoms with E-state index in [0.29, 0.717) is 0 Å². The summed E-state index contributed by atoms with van der Waals surface area (Å²) in [4.78, 5) is 13.3. The summed E-state index contributed by atoms with van der Waals surface area (Å²) in [6.07, 6.45) is 3.06. The number of aliphatic hydroxyl groups is 1. The first-order chi connectivity index (χ1) is 10.6. The van der Waals surface area contributed by atoms with Crippen molar-refractivity contribution in [2.75, 3.05) is 5.75 Å². The third-order valence-electron chi connectivity index (χ3n) is 4.07. The van der Waals surface area contributed by atoms with Crippen molar-refractivity contribution in [1.82, 2.24) is 10.6 Å². The van der Waals surface area contributed by atoms with Gasteiger partial charge in [0.15, 0.2) is 0 Å². The van der Waals surface area contributed by atoms with Gasteiger partial charge >= 0.3 is 6.03 Å². The summed E-state index contributed by atoms with van der Waals surface area (Å²) < 4.78 is 0. The van der Waals surface area contributed by atoms with Gasteiger partial charge < -0.3 is 15.7 Å². The fourth-order valence-electron chi connectivity index (χ4n) is 2.75. The molecular formula is C17H26N2O2S. The van der Waals surface area contributed by atoms with Crippen LogP contribution in [0.5, 0.6) is 0 Å². The maximum Gasteiger partial charge on any atom is 0.315 e. The number of nitrogens with one attached hydrogen (secondary N) is 2. The van der Waals surface area contributed by atoms with Gasteiger partial charge in [-0.3, -0.25) is 0 Å². The fraction of sp³-hybridized carbons (Fsp3) is 0.588. The topological polar surface area (TPSA) is 61.4 Å². The lowest BCUT2D eigenvalue weighted by atomic mass is 9.93. The highest BCUT2D eigenvalue weighted by Gasteiger charge is 2.21. The summed E-state index contributed by atoms with van der Waals surface area (Å²) in [5, 5.41) is 15.5. The molecule has 0 radical (unpaired) electrons. The molecule has 0 saturated heterocycles. The Morgan fingerprint density at radius 3 is 2.50 bits per heavy atom. The molecule has 1 aromatic carbocycles. The van der Waals surface area contributed by atoms with Gasteiger partial charge in [0, 0.05) is 10.9 Å². The summed E-state index contributed by atoms with van der Waals surface area (Å²) in [6, 6.07) is 8.37. The van der Waals surface area contributed by atoms with E-state index in [9.17, 15) is 9.90 Å². The van der Waals surface area contributed by atoms with Crippen molar-refractivity contribution in [3.63, 3.8) is 0 Å². The third kappa shape index (κ3) is 5.21. The molecular weight excluding hydrogens is 296 g/mol. The van der Waals surface area contributed by atoms with Crippen molar-refractivity contribution in [3.05, 3.63) is 29.8 Å². The second kappa shape index (κ2) is 8.44. The highest BCUT2D eigenvalue weighted by Crippen LogP contribution is 2.21. The van der Waals surface area contributed by atoms with Crippen molar-refractivity contribution < 1.29 is 9.90 Å². The zero-order valence-corrected chi connectivity index (χ0v) is 14.2. The van der Waals surface area contributed by atoms with Gasteiger partial charge in [-0.2, -0.15) is 0 Å². The number of carbonyl (C=O) groups excluding carboxylic acids is 1. The highest BCUT2D eigenvalue weighted by atomic mass is 32.2. The number of hydrogen-bond donors (Lipinski definition) is 3. The van der Waals surface area contributed by atoms with Crippen LogP contribution >= 0.6 is 11.8 Å². The molecule has 2 amide bonds. The van der Waals surface area contributed by atoms with Crippen molar-refractivity contribution in [2.24, 2.45) is 0 Å². The van der Waals surface area contributed by atoms with Gasteiger partial charge in [-0.1, -0.05) is 19.1 Å². The van der Waals surface area contributed by atoms with Crippen LogP contribution < -0.4 is 10.6 Å². The van der Waals surface area contributed by atoms with E-state index in [4.69, 9.17) is 0 Å². The molecule has 1 atom stereocenters. The molecule has 1 fully saturated rings. The molecule has 1 aliphatic carbocycles. The van der Waals surface area contributed by atoms with Crippen LogP contribution in [0.4, 0.5) is 4.79 Å². The normalized spacial score (nSPS) is 22.9. The number of amides is 2. The Bertz CT molecular complexity index is 470. The number of hydrogen-bond acceptors (Lipinski definition) is 3. The van der Waals surface area contributed by atoms with E-state index in [1.807, 2.05) is 18.7 Å². The minimum absolute atomic E-state index is 0.0187. The Labute approximate surface area is 137 Å². The van der Waals surface area contributed by atoms with E-state index in [2.05, 4.69) is 41.8 Å². The SMILES string of the molecule is CCSc1ccc([C@@H](C)NC(=O)NC2CCC(O)CC2)cc1. The first-order valence-corrected chi connectivity index (χ1v) is 9.05. The third-order valence-corrected chi connectivity index (χ3v) is 4.96. The lowest BCUT2D eigenvalue weighted by Gasteiger charge is -2.27. The minimum atomic E-state index is -0.195. The average molecular weight is 322 g/mol. The molecule has 22 heavy (non-hydrogen) atoms. The van der Waals surface area contributed by atoms with E-state index < -0.39 is 0 Å². The van der Waals surface area contributed by atoms with E-state index in [0.717, 1.165) is 37.0 Å². The molecule has 3 N–H and O–H groups in total. The van der Waals surface area contributed by atoms with Crippen molar-refractivity contribution in [2.45, 2.75) is 62.6 Å². The molecule has 0 spiro atoms. The number of benzene rings is 1. The first-order valence-electron chi connectivity index (χ1n) is 8.06. The lowest BCUT2D eigenvalue weighted by molar-refractivity contribution is 0.117. The Morgan fingerprint density at radius 2 is 1.91 bits per heavy atom. The summed E-state index contributed by atoms with van der Waals surface area (Å²) in [5.74, 6) is 1.06. The Hall–Kier alpha value is -1.20. The maximum absolute atomic E-state index is 12.1. The summed E-state index contributed by atoms with van der Waals surface area (Å²) in [5.41, 5.74) is 1.11. The predicted octanol–water partition coefficient (Wildman–Crippen LogP) is 3.46. The molecule has 1 aliphatic rings. The molecule has 1 aromatic rings. The predicted molar refractivity (Wildman–Crippen MR) is 91.2 cm³/mol. The van der Waals surface area contributed by atoms with Crippen LogP contribution in [-0.4, -0.2) is 29.0 Å². The Kier molecular flexibility index (Phi) is 6.58. The molecule has 0 heterocycles. The van der Waals surface area contributed by atoms with E-state index in [1.165, 1.54) is 4.90 Å². The summed E-state index contributed by atoms with van der Waals surface area (Å²) in [7, 11) is 0. The number of urea groups is 1. The average Bonchev–Trinajstić information content (AvgIpc) is 2.50. The van der Waals surface area contributed by atoms with Crippen LogP contribution in [-0.2, 0) is 0 Å². The van der Waals surface area contributed by atoms with Gasteiger partial charge in [0.2, 0.25) is 0 Å². The molecule has 0 unspecified atom stereocenters. The van der Waals surface area contributed by atoms with Gasteiger partial charge in [0.05, 0.1) is 12.1 Å². The van der Waals surface area contributed by atoms with Gasteiger partial charge in [0.1, 0.15) is 0 Å². The molecule has 4 nitrogen and oxygen atoms in total. The number of rotatable bonds is 5. The Morgan fingerprint density at radius 1 is 1.27 bits per heavy atom. The number of aliphatic hydroxyl groups excluding tert-OH is 1. The zero-order chi connectivity index (χ0) is 15.9. The van der Waals surface area contributed by atoms with Crippen LogP contribution in [0.25, 0.3) is 0 Å². The second-order valence-electron chi connectivity index (χ2n) is 5.85. The quantitative estimate of drug-likeness (QED) is 0.728.